The number of rotatable bonds is 1. The predicted molar refractivity (Wildman–Crippen MR) is 62.5 cm³/mol. The molecule has 0 unspecified atom stereocenters. The lowest BCUT2D eigenvalue weighted by molar-refractivity contribution is -0.402. The molecule has 0 fully saturated rings. The van der Waals surface area contributed by atoms with Crippen LogP contribution in [-0.2, 0) is 0 Å². The lowest BCUT2D eigenvalue weighted by Crippen LogP contribution is -1.82. The molecule has 0 aliphatic rings. The first-order chi connectivity index (χ1) is 8.69. The van der Waals surface area contributed by atoms with E-state index >= 15 is 0 Å². The number of nitro groups is 1. The zero-order valence-corrected chi connectivity index (χ0v) is 9.08. The summed E-state index contributed by atoms with van der Waals surface area (Å²) >= 11 is 0. The van der Waals surface area contributed by atoms with Crippen molar-refractivity contribution in [3.8, 4) is 17.9 Å². The van der Waals surface area contributed by atoms with Crippen molar-refractivity contribution >= 4 is 5.88 Å². The average molecular weight is 238 g/mol. The predicted octanol–water partition coefficient (Wildman–Crippen LogP) is 2.46. The molecule has 1 aromatic heterocycles. The highest BCUT2D eigenvalue weighted by Crippen LogP contribution is 2.14. The van der Waals surface area contributed by atoms with Gasteiger partial charge in [0.1, 0.15) is 4.92 Å². The normalized spacial score (nSPS) is 9.06. The lowest BCUT2D eigenvalue weighted by atomic mass is 10.1. The molecule has 1 aromatic carbocycles. The summed E-state index contributed by atoms with van der Waals surface area (Å²) in [5.41, 5.74) is 1.25. The maximum atomic E-state index is 10.4. The van der Waals surface area contributed by atoms with Gasteiger partial charge in [0.15, 0.2) is 5.76 Å². The Morgan fingerprint density at radius 2 is 1.72 bits per heavy atom. The second-order valence-electron chi connectivity index (χ2n) is 3.33. The Hall–Kier alpha value is -3.05. The van der Waals surface area contributed by atoms with Crippen molar-refractivity contribution in [1.29, 1.82) is 5.26 Å². The van der Waals surface area contributed by atoms with E-state index in [1.807, 2.05) is 6.07 Å². The lowest BCUT2D eigenvalue weighted by Gasteiger charge is -1.89. The molecule has 0 saturated heterocycles. The number of benzene rings is 1. The average Bonchev–Trinajstić information content (AvgIpc) is 2.86. The standard InChI is InChI=1S/C13H6N2O3/c14-9-11-3-1-10(2-4-11)5-6-12-7-8-13(18-12)15(16)17/h1-4,7-8H. The highest BCUT2D eigenvalue weighted by Gasteiger charge is 2.09. The van der Waals surface area contributed by atoms with Gasteiger partial charge in [-0.15, -0.1) is 0 Å². The Kier molecular flexibility index (Phi) is 3.08. The number of nitriles is 1. The fourth-order valence-electron chi connectivity index (χ4n) is 1.25. The van der Waals surface area contributed by atoms with Crippen LogP contribution in [-0.4, -0.2) is 4.92 Å². The summed E-state index contributed by atoms with van der Waals surface area (Å²) in [4.78, 5) is 9.77. The molecule has 1 heterocycles. The van der Waals surface area contributed by atoms with Crippen LogP contribution < -0.4 is 0 Å². The number of furan rings is 1. The largest absolute Gasteiger partial charge is 0.434 e. The van der Waals surface area contributed by atoms with E-state index in [4.69, 9.17) is 9.68 Å². The van der Waals surface area contributed by atoms with Crippen LogP contribution in [0, 0.1) is 33.3 Å². The number of hydrogen-bond donors (Lipinski definition) is 0. The van der Waals surface area contributed by atoms with Crippen LogP contribution >= 0.6 is 0 Å². The van der Waals surface area contributed by atoms with Gasteiger partial charge >= 0.3 is 5.88 Å². The van der Waals surface area contributed by atoms with Crippen LogP contribution in [0.4, 0.5) is 5.88 Å². The molecular formula is C13H6N2O3. The highest BCUT2D eigenvalue weighted by atomic mass is 16.6. The van der Waals surface area contributed by atoms with Crippen LogP contribution in [0.15, 0.2) is 40.8 Å². The maximum absolute atomic E-state index is 10.4. The van der Waals surface area contributed by atoms with E-state index in [1.165, 1.54) is 12.1 Å². The number of hydrogen-bond acceptors (Lipinski definition) is 4. The fraction of sp³-hybridized carbons (Fsp3) is 0. The van der Waals surface area contributed by atoms with E-state index in [0.29, 0.717) is 11.1 Å². The van der Waals surface area contributed by atoms with Gasteiger partial charge in [-0.25, -0.2) is 0 Å². The van der Waals surface area contributed by atoms with Crippen molar-refractivity contribution < 1.29 is 9.34 Å². The van der Waals surface area contributed by atoms with Gasteiger partial charge in [0.25, 0.3) is 0 Å². The molecule has 5 nitrogen and oxygen atoms in total. The Morgan fingerprint density at radius 3 is 2.28 bits per heavy atom. The smallest absolute Gasteiger partial charge is 0.392 e. The van der Waals surface area contributed by atoms with E-state index in [2.05, 4.69) is 11.8 Å². The Balaban J connectivity index is 2.20. The third-order valence-corrected chi connectivity index (χ3v) is 2.12. The van der Waals surface area contributed by atoms with Crippen molar-refractivity contribution in [2.45, 2.75) is 0 Å². The van der Waals surface area contributed by atoms with Crippen LogP contribution in [0.25, 0.3) is 0 Å². The first kappa shape index (κ1) is 11.4. The summed E-state index contributed by atoms with van der Waals surface area (Å²) in [6, 6.07) is 11.4. The second kappa shape index (κ2) is 4.86. The van der Waals surface area contributed by atoms with Crippen molar-refractivity contribution in [3.63, 3.8) is 0 Å². The molecular weight excluding hydrogens is 232 g/mol. The third kappa shape index (κ3) is 2.55. The van der Waals surface area contributed by atoms with E-state index in [0.717, 1.165) is 0 Å². The molecule has 0 bridgehead atoms. The molecule has 0 aliphatic carbocycles. The molecule has 0 aliphatic heterocycles. The maximum Gasteiger partial charge on any atom is 0.434 e. The first-order valence-electron chi connectivity index (χ1n) is 4.95. The number of nitrogens with zero attached hydrogens (tertiary/aromatic N) is 2. The SMILES string of the molecule is N#Cc1ccc(C#Cc2ccc([N+](=O)[O-])o2)cc1. The van der Waals surface area contributed by atoms with Gasteiger partial charge in [0.2, 0.25) is 0 Å². The van der Waals surface area contributed by atoms with Crippen molar-refractivity contribution in [2.24, 2.45) is 0 Å². The minimum atomic E-state index is -0.618. The van der Waals surface area contributed by atoms with Crippen molar-refractivity contribution in [1.82, 2.24) is 0 Å². The van der Waals surface area contributed by atoms with Gasteiger partial charge in [0.05, 0.1) is 17.7 Å². The molecule has 0 saturated carbocycles. The molecule has 5 heteroatoms. The van der Waals surface area contributed by atoms with Crippen molar-refractivity contribution in [2.75, 3.05) is 0 Å². The summed E-state index contributed by atoms with van der Waals surface area (Å²) < 4.78 is 4.89. The fourth-order valence-corrected chi connectivity index (χ4v) is 1.25. The van der Waals surface area contributed by atoms with Gasteiger partial charge < -0.3 is 4.42 Å². The third-order valence-electron chi connectivity index (χ3n) is 2.12. The summed E-state index contributed by atoms with van der Waals surface area (Å²) in [5, 5.41) is 19.0. The van der Waals surface area contributed by atoms with Crippen LogP contribution in [0.3, 0.4) is 0 Å². The quantitative estimate of drug-likeness (QED) is 0.434. The minimum absolute atomic E-state index is 0.228. The van der Waals surface area contributed by atoms with Gasteiger partial charge in [-0.2, -0.15) is 5.26 Å². The van der Waals surface area contributed by atoms with E-state index in [1.54, 1.807) is 24.3 Å². The minimum Gasteiger partial charge on any atom is -0.392 e. The molecule has 18 heavy (non-hydrogen) atoms. The summed E-state index contributed by atoms with van der Waals surface area (Å²) in [7, 11) is 0. The first-order valence-corrected chi connectivity index (χ1v) is 4.95. The topological polar surface area (TPSA) is 80.1 Å². The van der Waals surface area contributed by atoms with Crippen LogP contribution in [0.2, 0.25) is 0 Å². The summed E-state index contributed by atoms with van der Waals surface area (Å²) in [6.45, 7) is 0. The monoisotopic (exact) mass is 238 g/mol. The molecule has 2 aromatic rings. The Labute approximate surface area is 102 Å². The Morgan fingerprint density at radius 1 is 1.06 bits per heavy atom. The zero-order valence-electron chi connectivity index (χ0n) is 9.08. The van der Waals surface area contributed by atoms with Gasteiger partial charge in [-0.05, 0) is 30.2 Å². The van der Waals surface area contributed by atoms with E-state index in [-0.39, 0.29) is 11.6 Å². The molecule has 2 rings (SSSR count). The van der Waals surface area contributed by atoms with Crippen LogP contribution in [0.5, 0.6) is 0 Å². The zero-order chi connectivity index (χ0) is 13.0. The Bertz CT molecular complexity index is 682. The molecule has 0 spiro atoms. The van der Waals surface area contributed by atoms with E-state index in [9.17, 15) is 10.1 Å². The van der Waals surface area contributed by atoms with Gasteiger partial charge in [-0.1, -0.05) is 5.92 Å². The van der Waals surface area contributed by atoms with Gasteiger partial charge in [-0.3, -0.25) is 10.1 Å². The second-order valence-corrected chi connectivity index (χ2v) is 3.33. The molecule has 0 radical (unpaired) electrons. The summed E-state index contributed by atoms with van der Waals surface area (Å²) in [5.74, 6) is 5.35. The summed E-state index contributed by atoms with van der Waals surface area (Å²) in [6.07, 6.45) is 0. The molecule has 0 atom stereocenters. The van der Waals surface area contributed by atoms with Crippen molar-refractivity contribution in [3.05, 3.63) is 63.4 Å². The van der Waals surface area contributed by atoms with Crippen LogP contribution in [0.1, 0.15) is 16.9 Å². The molecule has 0 N–H and O–H groups in total. The van der Waals surface area contributed by atoms with E-state index < -0.39 is 4.92 Å². The molecule has 0 amide bonds. The highest BCUT2D eigenvalue weighted by molar-refractivity contribution is 5.43. The van der Waals surface area contributed by atoms with Gasteiger partial charge in [0, 0.05) is 11.6 Å². The molecule has 86 valence electrons.